The number of nitrogens with zero attached hydrogens (tertiary/aromatic N) is 5. The van der Waals surface area contributed by atoms with E-state index >= 15 is 0 Å². The van der Waals surface area contributed by atoms with Gasteiger partial charge in [0, 0.05) is 19.3 Å². The van der Waals surface area contributed by atoms with Gasteiger partial charge in [-0.1, -0.05) is 0 Å². The Morgan fingerprint density at radius 3 is 2.84 bits per heavy atom. The molecule has 0 spiro atoms. The van der Waals surface area contributed by atoms with E-state index in [4.69, 9.17) is 0 Å². The molecule has 1 fully saturated rings. The highest BCUT2D eigenvalue weighted by Gasteiger charge is 2.24. The van der Waals surface area contributed by atoms with E-state index in [0.717, 1.165) is 5.69 Å². The van der Waals surface area contributed by atoms with Crippen LogP contribution in [-0.4, -0.2) is 54.7 Å². The van der Waals surface area contributed by atoms with Gasteiger partial charge in [0.05, 0.1) is 17.4 Å². The molecule has 2 aromatic rings. The van der Waals surface area contributed by atoms with Crippen LogP contribution in [0.15, 0.2) is 12.5 Å². The lowest BCUT2D eigenvalue weighted by Gasteiger charge is -2.29. The van der Waals surface area contributed by atoms with Gasteiger partial charge in [-0.25, -0.2) is 9.50 Å². The molecule has 0 bridgehead atoms. The second-order valence-corrected chi connectivity index (χ2v) is 4.75. The topological polar surface area (TPSA) is 83.6 Å². The normalized spacial score (nSPS) is 17.1. The minimum atomic E-state index is -0.291. The molecule has 3 heterocycles. The van der Waals surface area contributed by atoms with Crippen molar-refractivity contribution in [2.75, 3.05) is 13.1 Å². The first-order valence-electron chi connectivity index (χ1n) is 6.29. The fraction of sp³-hybridized carbons (Fsp3) is 0.500. The maximum atomic E-state index is 12.4. The largest absolute Gasteiger partial charge is 0.393 e. The predicted octanol–water partition coefficient (Wildman–Crippen LogP) is 0.0296. The molecule has 0 saturated carbocycles. The van der Waals surface area contributed by atoms with Crippen LogP contribution < -0.4 is 0 Å². The fourth-order valence-electron chi connectivity index (χ4n) is 2.34. The minimum absolute atomic E-state index is 0.0608. The number of carbonyl (C=O) groups is 1. The van der Waals surface area contributed by atoms with Crippen molar-refractivity contribution in [1.29, 1.82) is 0 Å². The van der Waals surface area contributed by atoms with Crippen LogP contribution in [0, 0.1) is 6.92 Å². The van der Waals surface area contributed by atoms with E-state index in [1.54, 1.807) is 15.6 Å². The van der Waals surface area contributed by atoms with Crippen LogP contribution in [0.5, 0.6) is 0 Å². The van der Waals surface area contributed by atoms with E-state index in [9.17, 15) is 9.90 Å². The van der Waals surface area contributed by atoms with Gasteiger partial charge in [0.2, 0.25) is 0 Å². The predicted molar refractivity (Wildman–Crippen MR) is 66.7 cm³/mol. The summed E-state index contributed by atoms with van der Waals surface area (Å²) in [5.41, 5.74) is 1.27. The zero-order valence-electron chi connectivity index (χ0n) is 10.7. The summed E-state index contributed by atoms with van der Waals surface area (Å²) in [6.07, 6.45) is 3.93. The smallest absolute Gasteiger partial charge is 0.257 e. The molecule has 7 nitrogen and oxygen atoms in total. The molecule has 0 aliphatic carbocycles. The molecule has 0 aromatic carbocycles. The molecule has 19 heavy (non-hydrogen) atoms. The third-order valence-electron chi connectivity index (χ3n) is 3.53. The number of piperidine rings is 1. The van der Waals surface area contributed by atoms with Crippen LogP contribution in [0.4, 0.5) is 0 Å². The van der Waals surface area contributed by atoms with Crippen molar-refractivity contribution in [3.05, 3.63) is 23.8 Å². The van der Waals surface area contributed by atoms with E-state index in [-0.39, 0.29) is 12.0 Å². The number of likely N-dealkylation sites (tertiary alicyclic amines) is 1. The summed E-state index contributed by atoms with van der Waals surface area (Å²) in [7, 11) is 0. The van der Waals surface area contributed by atoms with Gasteiger partial charge in [-0.2, -0.15) is 10.1 Å². The summed E-state index contributed by atoms with van der Waals surface area (Å²) < 4.78 is 1.56. The summed E-state index contributed by atoms with van der Waals surface area (Å²) in [6, 6.07) is 0. The van der Waals surface area contributed by atoms with Crippen LogP contribution in [0.2, 0.25) is 0 Å². The van der Waals surface area contributed by atoms with Crippen LogP contribution in [0.1, 0.15) is 28.9 Å². The number of aliphatic hydroxyl groups is 1. The van der Waals surface area contributed by atoms with Crippen molar-refractivity contribution >= 4 is 11.7 Å². The number of hydrogen-bond donors (Lipinski definition) is 1. The van der Waals surface area contributed by atoms with E-state index in [2.05, 4.69) is 15.1 Å². The summed E-state index contributed by atoms with van der Waals surface area (Å²) in [4.78, 5) is 22.3. The molecule has 0 radical (unpaired) electrons. The Balaban J connectivity index is 1.91. The average molecular weight is 261 g/mol. The monoisotopic (exact) mass is 261 g/mol. The highest BCUT2D eigenvalue weighted by molar-refractivity contribution is 5.95. The molecule has 1 aliphatic rings. The Hall–Kier alpha value is -2.02. The fourth-order valence-corrected chi connectivity index (χ4v) is 2.34. The summed E-state index contributed by atoms with van der Waals surface area (Å²) >= 11 is 0. The molecular weight excluding hydrogens is 246 g/mol. The van der Waals surface area contributed by atoms with Crippen LogP contribution in [0.3, 0.4) is 0 Å². The Kier molecular flexibility index (Phi) is 2.90. The zero-order valence-corrected chi connectivity index (χ0v) is 10.7. The number of aromatic nitrogens is 4. The highest BCUT2D eigenvalue weighted by Crippen LogP contribution is 2.15. The Morgan fingerprint density at radius 1 is 1.37 bits per heavy atom. The van der Waals surface area contributed by atoms with Crippen molar-refractivity contribution in [1.82, 2.24) is 24.5 Å². The molecule has 7 heteroatoms. The molecule has 1 saturated heterocycles. The summed E-state index contributed by atoms with van der Waals surface area (Å²) in [6.45, 7) is 2.99. The van der Waals surface area contributed by atoms with Crippen LogP contribution in [-0.2, 0) is 0 Å². The van der Waals surface area contributed by atoms with Gasteiger partial charge in [-0.3, -0.25) is 4.79 Å². The third-order valence-corrected chi connectivity index (χ3v) is 3.53. The summed E-state index contributed by atoms with van der Waals surface area (Å²) in [5.74, 6) is 0.428. The molecule has 1 amide bonds. The molecule has 0 atom stereocenters. The number of aliphatic hydroxyl groups excluding tert-OH is 1. The molecule has 3 rings (SSSR count). The first-order valence-corrected chi connectivity index (χ1v) is 6.29. The van der Waals surface area contributed by atoms with E-state index in [1.165, 1.54) is 6.33 Å². The van der Waals surface area contributed by atoms with Crippen molar-refractivity contribution in [2.24, 2.45) is 0 Å². The molecule has 1 aliphatic heterocycles. The van der Waals surface area contributed by atoms with Crippen LogP contribution >= 0.6 is 0 Å². The molecule has 2 aromatic heterocycles. The van der Waals surface area contributed by atoms with Gasteiger partial charge in [0.15, 0.2) is 0 Å². The van der Waals surface area contributed by atoms with E-state index in [0.29, 0.717) is 37.3 Å². The Bertz CT molecular complexity index is 616. The number of carbonyl (C=O) groups excluding carboxylic acids is 1. The lowest BCUT2D eigenvalue weighted by Crippen LogP contribution is -2.40. The molecule has 1 N–H and O–H groups in total. The molecule has 0 unspecified atom stereocenters. The van der Waals surface area contributed by atoms with Crippen LogP contribution in [0.25, 0.3) is 5.78 Å². The SMILES string of the molecule is Cc1c(C(=O)N2CCC(O)CC2)cnc2ncnn12. The maximum absolute atomic E-state index is 12.4. The van der Waals surface area contributed by atoms with Gasteiger partial charge in [0.25, 0.3) is 11.7 Å². The number of rotatable bonds is 1. The van der Waals surface area contributed by atoms with Crippen molar-refractivity contribution in [3.63, 3.8) is 0 Å². The van der Waals surface area contributed by atoms with Gasteiger partial charge < -0.3 is 10.0 Å². The van der Waals surface area contributed by atoms with E-state index < -0.39 is 0 Å². The second kappa shape index (κ2) is 4.58. The second-order valence-electron chi connectivity index (χ2n) is 4.75. The van der Waals surface area contributed by atoms with Gasteiger partial charge >= 0.3 is 0 Å². The number of hydrogen-bond acceptors (Lipinski definition) is 5. The number of amides is 1. The lowest BCUT2D eigenvalue weighted by atomic mass is 10.1. The van der Waals surface area contributed by atoms with Gasteiger partial charge in [-0.05, 0) is 19.8 Å². The maximum Gasteiger partial charge on any atom is 0.257 e. The molecular formula is C12H15N5O2. The molecule has 100 valence electrons. The Morgan fingerprint density at radius 2 is 2.11 bits per heavy atom. The number of fused-ring (bicyclic) bond motifs is 1. The van der Waals surface area contributed by atoms with Crippen molar-refractivity contribution in [3.8, 4) is 0 Å². The Labute approximate surface area is 109 Å². The summed E-state index contributed by atoms with van der Waals surface area (Å²) in [5, 5.41) is 13.5. The van der Waals surface area contributed by atoms with Gasteiger partial charge in [-0.15, -0.1) is 0 Å². The first kappa shape index (κ1) is 12.0. The highest BCUT2D eigenvalue weighted by atomic mass is 16.3. The first-order chi connectivity index (χ1) is 9.16. The number of aryl methyl sites for hydroxylation is 1. The third kappa shape index (κ3) is 2.06. The van der Waals surface area contributed by atoms with E-state index in [1.807, 2.05) is 6.92 Å². The van der Waals surface area contributed by atoms with Crippen molar-refractivity contribution < 1.29 is 9.90 Å². The minimum Gasteiger partial charge on any atom is -0.393 e. The quantitative estimate of drug-likeness (QED) is 0.783. The average Bonchev–Trinajstić information content (AvgIpc) is 2.88. The standard InChI is InChI=1S/C12H15N5O2/c1-8-10(6-13-12-14-7-15-17(8)12)11(19)16-4-2-9(18)3-5-16/h6-7,9,18H,2-5H2,1H3. The lowest BCUT2D eigenvalue weighted by molar-refractivity contribution is 0.0545. The van der Waals surface area contributed by atoms with Gasteiger partial charge in [0.1, 0.15) is 6.33 Å². The van der Waals surface area contributed by atoms with Crippen molar-refractivity contribution in [2.45, 2.75) is 25.9 Å². The zero-order chi connectivity index (χ0) is 13.4.